The second kappa shape index (κ2) is 6.87. The van der Waals surface area contributed by atoms with Gasteiger partial charge in [-0.25, -0.2) is 4.90 Å². The van der Waals surface area contributed by atoms with E-state index in [0.29, 0.717) is 17.0 Å². The van der Waals surface area contributed by atoms with E-state index in [2.05, 4.69) is 28.1 Å². The number of ketones is 1. The molecule has 33 heavy (non-hydrogen) atoms. The van der Waals surface area contributed by atoms with Gasteiger partial charge in [0.25, 0.3) is 0 Å². The Bertz CT molecular complexity index is 1330. The lowest BCUT2D eigenvalue weighted by Gasteiger charge is -2.51. The van der Waals surface area contributed by atoms with Crippen LogP contribution in [0.3, 0.4) is 0 Å². The molecule has 0 N–H and O–H groups in total. The van der Waals surface area contributed by atoms with Gasteiger partial charge in [-0.15, -0.1) is 0 Å². The Morgan fingerprint density at radius 2 is 1.55 bits per heavy atom. The van der Waals surface area contributed by atoms with Gasteiger partial charge in [-0.2, -0.15) is 0 Å². The first-order chi connectivity index (χ1) is 15.9. The Kier molecular flexibility index (Phi) is 4.24. The molecule has 7 rings (SSSR count). The van der Waals surface area contributed by atoms with Gasteiger partial charge < -0.3 is 4.74 Å². The number of benzene rings is 3. The normalized spacial score (nSPS) is 26.6. The molecule has 3 aromatic carbocycles. The van der Waals surface area contributed by atoms with Gasteiger partial charge in [-0.1, -0.05) is 64.5 Å². The number of methoxy groups -OCH3 is 1. The van der Waals surface area contributed by atoms with Crippen LogP contribution in [0.15, 0.2) is 66.7 Å². The lowest BCUT2D eigenvalue weighted by molar-refractivity contribution is -0.122. The number of hydrogen-bond acceptors (Lipinski definition) is 4. The van der Waals surface area contributed by atoms with Crippen molar-refractivity contribution in [2.75, 3.05) is 12.0 Å². The van der Waals surface area contributed by atoms with Crippen LogP contribution in [0.4, 0.5) is 5.69 Å². The van der Waals surface area contributed by atoms with Gasteiger partial charge in [0, 0.05) is 11.5 Å². The van der Waals surface area contributed by atoms with Crippen LogP contribution in [0.25, 0.3) is 0 Å². The highest BCUT2D eigenvalue weighted by atomic mass is 79.9. The van der Waals surface area contributed by atoms with Crippen LogP contribution >= 0.6 is 15.9 Å². The van der Waals surface area contributed by atoms with Crippen molar-refractivity contribution in [2.24, 2.45) is 11.8 Å². The second-order valence-corrected chi connectivity index (χ2v) is 10.1. The Labute approximate surface area is 199 Å². The van der Waals surface area contributed by atoms with Gasteiger partial charge in [-0.05, 0) is 47.4 Å². The minimum Gasteiger partial charge on any atom is -0.495 e. The molecule has 0 spiro atoms. The summed E-state index contributed by atoms with van der Waals surface area (Å²) in [6.07, 6.45) is 0. The van der Waals surface area contributed by atoms with E-state index in [1.807, 2.05) is 36.4 Å². The number of rotatable bonds is 3. The summed E-state index contributed by atoms with van der Waals surface area (Å²) in [5, 5.41) is 0. The first-order valence-electron chi connectivity index (χ1n) is 10.8. The average molecular weight is 502 g/mol. The summed E-state index contributed by atoms with van der Waals surface area (Å²) in [6, 6.07) is 21.0. The van der Waals surface area contributed by atoms with Crippen LogP contribution in [0.2, 0.25) is 0 Å². The maximum Gasteiger partial charge on any atom is 0.239 e. The Hall–Kier alpha value is -3.25. The Morgan fingerprint density at radius 3 is 2.12 bits per heavy atom. The van der Waals surface area contributed by atoms with Crippen molar-refractivity contribution >= 4 is 39.2 Å². The van der Waals surface area contributed by atoms with E-state index in [0.717, 1.165) is 22.3 Å². The molecule has 2 amide bonds. The minimum absolute atomic E-state index is 0.146. The molecule has 0 radical (unpaired) electrons. The molecule has 3 aliphatic carbocycles. The topological polar surface area (TPSA) is 63.7 Å². The number of hydrogen-bond donors (Lipinski definition) is 0. The zero-order valence-electron chi connectivity index (χ0n) is 18.0. The molecular weight excluding hydrogens is 482 g/mol. The standard InChI is InChI=1S/C27H20BrNO4/c1-14(30)15-11-12-21(33-2)20(13-15)29-25(31)23-22-16-7-3-5-9-18(16)27(28,24(23)26(29)32)19-10-6-4-8-17(19)22/h3-13,22-24H,1-2H3/t22?,23-,24-,27?/m0/s1. The molecule has 2 bridgehead atoms. The van der Waals surface area contributed by atoms with E-state index in [4.69, 9.17) is 4.74 Å². The molecule has 164 valence electrons. The molecule has 0 unspecified atom stereocenters. The number of anilines is 1. The van der Waals surface area contributed by atoms with Crippen molar-refractivity contribution in [3.63, 3.8) is 0 Å². The van der Waals surface area contributed by atoms with Crippen LogP contribution in [0, 0.1) is 11.8 Å². The van der Waals surface area contributed by atoms with Crippen LogP contribution in [-0.4, -0.2) is 24.7 Å². The van der Waals surface area contributed by atoms with Crippen molar-refractivity contribution in [3.8, 4) is 5.75 Å². The molecule has 1 aliphatic heterocycles. The SMILES string of the molecule is COc1ccc(C(C)=O)cc1N1C(=O)[C@@H]2[C@@H](C1=O)C1c3ccccc3C2(Br)c2ccccc21. The summed E-state index contributed by atoms with van der Waals surface area (Å²) in [6.45, 7) is 1.46. The lowest BCUT2D eigenvalue weighted by atomic mass is 9.55. The number of carbonyl (C=O) groups excluding carboxylic acids is 3. The molecule has 1 saturated heterocycles. The number of ether oxygens (including phenoxy) is 1. The van der Waals surface area contributed by atoms with E-state index in [-0.39, 0.29) is 23.5 Å². The quantitative estimate of drug-likeness (QED) is 0.293. The smallest absolute Gasteiger partial charge is 0.239 e. The molecule has 0 aromatic heterocycles. The monoisotopic (exact) mass is 501 g/mol. The van der Waals surface area contributed by atoms with Gasteiger partial charge in [0.05, 0.1) is 29.0 Å². The van der Waals surface area contributed by atoms with Crippen LogP contribution < -0.4 is 9.64 Å². The van der Waals surface area contributed by atoms with Crippen LogP contribution in [0.1, 0.15) is 45.5 Å². The third-order valence-electron chi connectivity index (χ3n) is 7.34. The maximum absolute atomic E-state index is 14.0. The molecule has 4 aliphatic rings. The fourth-order valence-electron chi connectivity index (χ4n) is 6.00. The predicted molar refractivity (Wildman–Crippen MR) is 127 cm³/mol. The summed E-state index contributed by atoms with van der Waals surface area (Å²) in [4.78, 5) is 41.3. The molecular formula is C27H20BrNO4. The fourth-order valence-corrected chi connectivity index (χ4v) is 7.20. The Balaban J connectivity index is 1.59. The van der Waals surface area contributed by atoms with Gasteiger partial charge in [0.1, 0.15) is 5.75 Å². The fraction of sp³-hybridized carbons (Fsp3) is 0.222. The average Bonchev–Trinajstić information content (AvgIpc) is 3.10. The minimum atomic E-state index is -0.813. The van der Waals surface area contributed by atoms with E-state index in [1.165, 1.54) is 18.9 Å². The number of Topliss-reactive ketones (excluding diaryl/α,β-unsaturated/α-hetero) is 1. The van der Waals surface area contributed by atoms with E-state index < -0.39 is 16.2 Å². The van der Waals surface area contributed by atoms with E-state index in [9.17, 15) is 14.4 Å². The molecule has 6 heteroatoms. The highest BCUT2D eigenvalue weighted by Crippen LogP contribution is 2.66. The number of nitrogens with zero attached hydrogens (tertiary/aromatic N) is 1. The van der Waals surface area contributed by atoms with Crippen molar-refractivity contribution in [1.82, 2.24) is 0 Å². The number of carbonyl (C=O) groups is 3. The van der Waals surface area contributed by atoms with E-state index >= 15 is 0 Å². The maximum atomic E-state index is 14.0. The molecule has 0 saturated carbocycles. The van der Waals surface area contributed by atoms with Gasteiger partial charge >= 0.3 is 0 Å². The van der Waals surface area contributed by atoms with Gasteiger partial charge in [0.2, 0.25) is 11.8 Å². The van der Waals surface area contributed by atoms with Crippen molar-refractivity contribution in [2.45, 2.75) is 17.2 Å². The Morgan fingerprint density at radius 1 is 0.939 bits per heavy atom. The summed E-state index contributed by atoms with van der Waals surface area (Å²) in [5.74, 6) is -1.68. The highest BCUT2D eigenvalue weighted by Gasteiger charge is 2.67. The zero-order chi connectivity index (χ0) is 23.1. The van der Waals surface area contributed by atoms with Crippen LogP contribution in [0.5, 0.6) is 5.75 Å². The summed E-state index contributed by atoms with van der Waals surface area (Å²) >= 11 is 3.99. The molecule has 2 atom stereocenters. The number of halogens is 1. The molecule has 5 nitrogen and oxygen atoms in total. The highest BCUT2D eigenvalue weighted by molar-refractivity contribution is 9.09. The van der Waals surface area contributed by atoms with E-state index in [1.54, 1.807) is 18.2 Å². The largest absolute Gasteiger partial charge is 0.495 e. The van der Waals surface area contributed by atoms with Crippen LogP contribution in [-0.2, 0) is 13.9 Å². The third-order valence-corrected chi connectivity index (χ3v) is 8.69. The second-order valence-electron chi connectivity index (χ2n) is 8.82. The first kappa shape index (κ1) is 20.4. The van der Waals surface area contributed by atoms with Crippen molar-refractivity contribution in [3.05, 3.63) is 94.5 Å². The summed E-state index contributed by atoms with van der Waals surface area (Å²) in [5.41, 5.74) is 4.94. The van der Waals surface area contributed by atoms with Crippen molar-refractivity contribution < 1.29 is 19.1 Å². The zero-order valence-corrected chi connectivity index (χ0v) is 19.6. The number of imide groups is 1. The third kappa shape index (κ3) is 2.44. The molecule has 3 aromatic rings. The van der Waals surface area contributed by atoms with Gasteiger partial charge in [0.15, 0.2) is 5.78 Å². The molecule has 1 heterocycles. The summed E-state index contributed by atoms with van der Waals surface area (Å²) < 4.78 is 4.68. The molecule has 1 fully saturated rings. The predicted octanol–water partition coefficient (Wildman–Crippen LogP) is 4.80. The number of amides is 2. The van der Waals surface area contributed by atoms with Gasteiger partial charge in [-0.3, -0.25) is 14.4 Å². The number of alkyl halides is 1. The summed E-state index contributed by atoms with van der Waals surface area (Å²) in [7, 11) is 1.49. The van der Waals surface area contributed by atoms with Crippen molar-refractivity contribution in [1.29, 1.82) is 0 Å². The lowest BCUT2D eigenvalue weighted by Crippen LogP contribution is -2.50. The first-order valence-corrected chi connectivity index (χ1v) is 11.6.